The summed E-state index contributed by atoms with van der Waals surface area (Å²) in [7, 11) is -3.97. The monoisotopic (exact) mass is 502 g/mol. The van der Waals surface area contributed by atoms with E-state index >= 15 is 0 Å². The van der Waals surface area contributed by atoms with Crippen molar-refractivity contribution in [1.29, 1.82) is 0 Å². The Hall–Kier alpha value is -3.55. The van der Waals surface area contributed by atoms with Crippen LogP contribution >= 0.6 is 11.8 Å². The highest BCUT2D eigenvalue weighted by molar-refractivity contribution is 7.99. The van der Waals surface area contributed by atoms with Crippen molar-refractivity contribution in [2.45, 2.75) is 28.5 Å². The Bertz CT molecular complexity index is 1420. The zero-order chi connectivity index (χ0) is 24.8. The van der Waals surface area contributed by atoms with Gasteiger partial charge in [0.15, 0.2) is 0 Å². The van der Waals surface area contributed by atoms with Gasteiger partial charge in [0.2, 0.25) is 5.91 Å². The molecule has 1 N–H and O–H groups in total. The van der Waals surface area contributed by atoms with Gasteiger partial charge in [0.05, 0.1) is 16.3 Å². The predicted molar refractivity (Wildman–Crippen MR) is 143 cm³/mol. The molecule has 0 radical (unpaired) electrons. The highest BCUT2D eigenvalue weighted by Crippen LogP contribution is 2.33. The third-order valence-corrected chi connectivity index (χ3v) is 8.27. The number of hydrogen-bond donors (Lipinski definition) is 1. The SMILES string of the molecule is Cc1ccc(S(=O)(=O)N(CC(=O)Nc2ccccc2Sc2ccccc2)c2ccccc2C)cc1. The second-order valence-corrected chi connectivity index (χ2v) is 11.0. The number of hydrogen-bond acceptors (Lipinski definition) is 4. The van der Waals surface area contributed by atoms with E-state index in [2.05, 4.69) is 5.32 Å². The van der Waals surface area contributed by atoms with E-state index in [9.17, 15) is 13.2 Å². The molecule has 0 aliphatic heterocycles. The smallest absolute Gasteiger partial charge is 0.264 e. The molecule has 0 heterocycles. The highest BCUT2D eigenvalue weighted by atomic mass is 32.2. The quantitative estimate of drug-likeness (QED) is 0.308. The number of benzene rings is 4. The Morgan fingerprint density at radius 1 is 0.800 bits per heavy atom. The molecule has 0 aliphatic carbocycles. The molecule has 0 atom stereocenters. The van der Waals surface area contributed by atoms with Crippen molar-refractivity contribution >= 4 is 39.1 Å². The zero-order valence-electron chi connectivity index (χ0n) is 19.5. The first-order valence-corrected chi connectivity index (χ1v) is 13.4. The van der Waals surface area contributed by atoms with Crippen LogP contribution in [0.15, 0.2) is 118 Å². The van der Waals surface area contributed by atoms with Crippen LogP contribution < -0.4 is 9.62 Å². The van der Waals surface area contributed by atoms with Gasteiger partial charge < -0.3 is 5.32 Å². The predicted octanol–water partition coefficient (Wildman–Crippen LogP) is 6.29. The Morgan fingerprint density at radius 3 is 2.14 bits per heavy atom. The van der Waals surface area contributed by atoms with Gasteiger partial charge >= 0.3 is 0 Å². The summed E-state index contributed by atoms with van der Waals surface area (Å²) in [4.78, 5) is 15.3. The molecular weight excluding hydrogens is 476 g/mol. The number of para-hydroxylation sites is 2. The molecule has 0 aromatic heterocycles. The molecule has 0 aliphatic rings. The van der Waals surface area contributed by atoms with Crippen LogP contribution in [0.3, 0.4) is 0 Å². The molecule has 4 aromatic carbocycles. The molecule has 5 nitrogen and oxygen atoms in total. The second-order valence-electron chi connectivity index (χ2n) is 8.07. The van der Waals surface area contributed by atoms with Crippen LogP contribution in [0, 0.1) is 13.8 Å². The maximum absolute atomic E-state index is 13.6. The van der Waals surface area contributed by atoms with Crippen molar-refractivity contribution in [3.05, 3.63) is 114 Å². The van der Waals surface area contributed by atoms with Crippen molar-refractivity contribution in [2.24, 2.45) is 0 Å². The van der Waals surface area contributed by atoms with E-state index < -0.39 is 15.9 Å². The summed E-state index contributed by atoms with van der Waals surface area (Å²) in [6.07, 6.45) is 0. The normalized spacial score (nSPS) is 11.1. The number of rotatable bonds is 8. The molecule has 0 bridgehead atoms. The van der Waals surface area contributed by atoms with Gasteiger partial charge in [-0.05, 0) is 61.9 Å². The third kappa shape index (κ3) is 5.93. The molecule has 1 amide bonds. The Morgan fingerprint density at radius 2 is 1.43 bits per heavy atom. The summed E-state index contributed by atoms with van der Waals surface area (Å²) < 4.78 is 28.4. The van der Waals surface area contributed by atoms with Crippen molar-refractivity contribution in [3.63, 3.8) is 0 Å². The molecule has 4 rings (SSSR count). The van der Waals surface area contributed by atoms with E-state index in [0.29, 0.717) is 11.4 Å². The number of amides is 1. The van der Waals surface area contributed by atoms with Gasteiger partial charge in [0.1, 0.15) is 6.54 Å². The zero-order valence-corrected chi connectivity index (χ0v) is 21.1. The van der Waals surface area contributed by atoms with Gasteiger partial charge in [-0.3, -0.25) is 9.10 Å². The van der Waals surface area contributed by atoms with Gasteiger partial charge in [0.25, 0.3) is 10.0 Å². The first-order chi connectivity index (χ1) is 16.8. The van der Waals surface area contributed by atoms with Crippen LogP contribution in [0.5, 0.6) is 0 Å². The molecular formula is C28H26N2O3S2. The van der Waals surface area contributed by atoms with Crippen LogP contribution in [-0.2, 0) is 14.8 Å². The van der Waals surface area contributed by atoms with Crippen molar-refractivity contribution in [3.8, 4) is 0 Å². The fraction of sp³-hybridized carbons (Fsp3) is 0.107. The van der Waals surface area contributed by atoms with Gasteiger partial charge in [-0.25, -0.2) is 8.42 Å². The van der Waals surface area contributed by atoms with Crippen molar-refractivity contribution in [2.75, 3.05) is 16.2 Å². The summed E-state index contributed by atoms with van der Waals surface area (Å²) in [5.41, 5.74) is 2.81. The van der Waals surface area contributed by atoms with E-state index in [-0.39, 0.29) is 11.4 Å². The van der Waals surface area contributed by atoms with Gasteiger partial charge in [-0.1, -0.05) is 78.0 Å². The Kier molecular flexibility index (Phi) is 7.58. The van der Waals surface area contributed by atoms with Crippen LogP contribution in [0.25, 0.3) is 0 Å². The summed E-state index contributed by atoms with van der Waals surface area (Å²) in [6, 6.07) is 31.1. The van der Waals surface area contributed by atoms with Gasteiger partial charge in [-0.15, -0.1) is 0 Å². The second kappa shape index (κ2) is 10.8. The summed E-state index contributed by atoms with van der Waals surface area (Å²) >= 11 is 1.53. The topological polar surface area (TPSA) is 66.5 Å². The molecule has 0 saturated carbocycles. The number of carbonyl (C=O) groups excluding carboxylic acids is 1. The lowest BCUT2D eigenvalue weighted by atomic mass is 10.2. The lowest BCUT2D eigenvalue weighted by molar-refractivity contribution is -0.114. The molecule has 178 valence electrons. The Labute approximate surface area is 210 Å². The average molecular weight is 503 g/mol. The van der Waals surface area contributed by atoms with Crippen LogP contribution in [-0.4, -0.2) is 20.9 Å². The van der Waals surface area contributed by atoms with Crippen molar-refractivity contribution in [1.82, 2.24) is 0 Å². The first kappa shape index (κ1) is 24.6. The van der Waals surface area contributed by atoms with E-state index in [1.807, 2.05) is 80.6 Å². The Balaban J connectivity index is 1.63. The summed E-state index contributed by atoms with van der Waals surface area (Å²) in [5, 5.41) is 2.92. The number of nitrogens with one attached hydrogen (secondary N) is 1. The van der Waals surface area contributed by atoms with E-state index in [4.69, 9.17) is 0 Å². The number of sulfonamides is 1. The molecule has 0 saturated heterocycles. The molecule has 7 heteroatoms. The summed E-state index contributed by atoms with van der Waals surface area (Å²) in [5.74, 6) is -0.426. The van der Waals surface area contributed by atoms with E-state index in [1.165, 1.54) is 16.1 Å². The van der Waals surface area contributed by atoms with Crippen molar-refractivity contribution < 1.29 is 13.2 Å². The lowest BCUT2D eigenvalue weighted by Gasteiger charge is -2.26. The fourth-order valence-electron chi connectivity index (χ4n) is 3.57. The molecule has 35 heavy (non-hydrogen) atoms. The maximum atomic E-state index is 13.6. The van der Waals surface area contributed by atoms with Crippen LogP contribution in [0.4, 0.5) is 11.4 Å². The van der Waals surface area contributed by atoms with Crippen LogP contribution in [0.1, 0.15) is 11.1 Å². The van der Waals surface area contributed by atoms with Gasteiger partial charge in [-0.2, -0.15) is 0 Å². The largest absolute Gasteiger partial charge is 0.323 e. The lowest BCUT2D eigenvalue weighted by Crippen LogP contribution is -2.38. The number of nitrogens with zero attached hydrogens (tertiary/aromatic N) is 1. The van der Waals surface area contributed by atoms with Crippen LogP contribution in [0.2, 0.25) is 0 Å². The molecule has 0 fully saturated rings. The highest BCUT2D eigenvalue weighted by Gasteiger charge is 2.28. The number of aryl methyl sites for hydroxylation is 2. The van der Waals surface area contributed by atoms with E-state index in [1.54, 1.807) is 36.4 Å². The number of carbonyl (C=O) groups is 1. The standard InChI is InChI=1S/C28H26N2O3S2/c1-21-16-18-24(19-17-21)35(32,33)30(26-14-8-6-10-22(26)2)20-28(31)29-25-13-7-9-15-27(25)34-23-11-4-3-5-12-23/h3-19H,20H2,1-2H3,(H,29,31). The minimum Gasteiger partial charge on any atom is -0.323 e. The maximum Gasteiger partial charge on any atom is 0.264 e. The van der Waals surface area contributed by atoms with E-state index in [0.717, 1.165) is 20.9 Å². The summed E-state index contributed by atoms with van der Waals surface area (Å²) in [6.45, 7) is 3.37. The minimum absolute atomic E-state index is 0.138. The van der Waals surface area contributed by atoms with Gasteiger partial charge in [0, 0.05) is 9.79 Å². The molecule has 4 aromatic rings. The molecule has 0 unspecified atom stereocenters. The fourth-order valence-corrected chi connectivity index (χ4v) is 5.98. The molecule has 0 spiro atoms. The third-order valence-electron chi connectivity index (χ3n) is 5.41. The average Bonchev–Trinajstić information content (AvgIpc) is 2.85. The number of anilines is 2. The minimum atomic E-state index is -3.97. The first-order valence-electron chi connectivity index (χ1n) is 11.1.